The van der Waals surface area contributed by atoms with Crippen LogP contribution in [-0.2, 0) is 0 Å². The van der Waals surface area contributed by atoms with Gasteiger partial charge in [-0.3, -0.25) is 4.57 Å². The average molecular weight is 660 g/mol. The first-order valence-corrected chi connectivity index (χ1v) is 18.1. The van der Waals surface area contributed by atoms with Crippen LogP contribution in [0.3, 0.4) is 0 Å². The molecule has 0 aliphatic heterocycles. The highest BCUT2D eigenvalue weighted by Crippen LogP contribution is 2.48. The van der Waals surface area contributed by atoms with E-state index in [4.69, 9.17) is 9.97 Å². The summed E-state index contributed by atoms with van der Waals surface area (Å²) in [5.41, 5.74) is 7.53. The molecule has 5 heteroatoms. The van der Waals surface area contributed by atoms with E-state index in [0.29, 0.717) is 0 Å². The Bertz CT molecular complexity index is 3090. The molecule has 11 rings (SSSR count). The third kappa shape index (κ3) is 3.88. The second kappa shape index (κ2) is 10.3. The first-order valence-electron chi connectivity index (χ1n) is 16.4. The summed E-state index contributed by atoms with van der Waals surface area (Å²) in [6.45, 7) is 0. The van der Waals surface area contributed by atoms with Crippen LogP contribution in [-0.4, -0.2) is 14.5 Å². The molecule has 0 fully saturated rings. The zero-order chi connectivity index (χ0) is 32.1. The minimum absolute atomic E-state index is 0.848. The minimum Gasteiger partial charge on any atom is -0.291 e. The molecule has 0 saturated heterocycles. The topological polar surface area (TPSA) is 30.7 Å². The van der Waals surface area contributed by atoms with Gasteiger partial charge in [0.1, 0.15) is 16.0 Å². The van der Waals surface area contributed by atoms with Gasteiger partial charge in [0.25, 0.3) is 0 Å². The number of aromatic nitrogens is 3. The average Bonchev–Trinajstić information content (AvgIpc) is 3.84. The molecule has 0 atom stereocenters. The van der Waals surface area contributed by atoms with Crippen molar-refractivity contribution in [3.8, 4) is 28.2 Å². The number of hydrogen-bond acceptors (Lipinski definition) is 4. The van der Waals surface area contributed by atoms with Crippen LogP contribution < -0.4 is 0 Å². The van der Waals surface area contributed by atoms with E-state index in [2.05, 4.69) is 156 Å². The van der Waals surface area contributed by atoms with E-state index in [1.165, 1.54) is 63.1 Å². The molecule has 0 unspecified atom stereocenters. The normalized spacial score (nSPS) is 12.1. The molecule has 0 amide bonds. The number of rotatable bonds is 3. The molecule has 4 heterocycles. The summed E-state index contributed by atoms with van der Waals surface area (Å²) in [5.74, 6) is 0.848. The quantitative estimate of drug-likeness (QED) is 0.189. The van der Waals surface area contributed by atoms with Gasteiger partial charge >= 0.3 is 0 Å². The van der Waals surface area contributed by atoms with Crippen LogP contribution in [0.2, 0.25) is 0 Å². The third-order valence-electron chi connectivity index (χ3n) is 9.82. The van der Waals surface area contributed by atoms with Gasteiger partial charge in [-0.15, -0.1) is 22.7 Å². The van der Waals surface area contributed by atoms with E-state index >= 15 is 0 Å². The van der Waals surface area contributed by atoms with E-state index in [9.17, 15) is 0 Å². The van der Waals surface area contributed by atoms with E-state index in [-0.39, 0.29) is 0 Å². The van der Waals surface area contributed by atoms with Gasteiger partial charge in [0, 0.05) is 52.0 Å². The number of fused-ring (bicyclic) bond motifs is 13. The Labute approximate surface area is 289 Å². The van der Waals surface area contributed by atoms with E-state index in [0.717, 1.165) is 38.3 Å². The largest absolute Gasteiger partial charge is 0.291 e. The second-order valence-electron chi connectivity index (χ2n) is 12.5. The number of hydrogen-bond donors (Lipinski definition) is 0. The van der Waals surface area contributed by atoms with E-state index < -0.39 is 0 Å². The molecular formula is C44H25N3S2. The first kappa shape index (κ1) is 27.1. The first-order chi connectivity index (χ1) is 24.3. The molecule has 11 aromatic rings. The predicted molar refractivity (Wildman–Crippen MR) is 211 cm³/mol. The smallest absolute Gasteiger partial charge is 0.165 e. The van der Waals surface area contributed by atoms with Crippen LogP contribution in [0.15, 0.2) is 152 Å². The molecule has 0 radical (unpaired) electrons. The fourth-order valence-corrected chi connectivity index (χ4v) is 9.95. The number of thiophene rings is 2. The zero-order valence-electron chi connectivity index (χ0n) is 26.1. The lowest BCUT2D eigenvalue weighted by Crippen LogP contribution is -2.03. The van der Waals surface area contributed by atoms with Gasteiger partial charge < -0.3 is 0 Å². The van der Waals surface area contributed by atoms with Gasteiger partial charge in [0.2, 0.25) is 0 Å². The molecular weight excluding hydrogens is 635 g/mol. The van der Waals surface area contributed by atoms with Crippen molar-refractivity contribution in [1.82, 2.24) is 14.5 Å². The highest BCUT2D eigenvalue weighted by Gasteiger charge is 2.25. The molecule has 7 aromatic carbocycles. The Morgan fingerprint density at radius 1 is 0.429 bits per heavy atom. The molecule has 0 bridgehead atoms. The molecule has 0 aliphatic carbocycles. The Morgan fingerprint density at radius 2 is 1.02 bits per heavy atom. The fraction of sp³-hybridized carbons (Fsp3) is 0. The van der Waals surface area contributed by atoms with Crippen LogP contribution in [0.5, 0.6) is 0 Å². The van der Waals surface area contributed by atoms with Crippen LogP contribution in [0, 0.1) is 0 Å². The maximum atomic E-state index is 5.61. The second-order valence-corrected chi connectivity index (χ2v) is 14.6. The summed E-state index contributed by atoms with van der Waals surface area (Å²) in [5, 5.41) is 8.74. The van der Waals surface area contributed by atoms with Crippen LogP contribution in [0.4, 0.5) is 0 Å². The van der Waals surface area contributed by atoms with E-state index in [1.54, 1.807) is 11.3 Å². The van der Waals surface area contributed by atoms with Crippen LogP contribution >= 0.6 is 22.7 Å². The number of nitrogens with zero attached hydrogens (tertiary/aromatic N) is 3. The highest BCUT2D eigenvalue weighted by atomic mass is 32.1. The van der Waals surface area contributed by atoms with Crippen molar-refractivity contribution < 1.29 is 0 Å². The molecule has 0 spiro atoms. The maximum absolute atomic E-state index is 5.61. The standard InChI is InChI=1S/C44H25N3S2/c1-2-12-26(13-3-1)27-22-24-28(25-23-27)39-43(45-40-33-18-8-11-21-36(33)49-44(40)46-39)47-34-19-9-6-16-31(34)38-41(47)30-15-5-4-14-29(30)37-32-17-7-10-20-35(32)48-42(37)38/h1-25H. The van der Waals surface area contributed by atoms with Crippen molar-refractivity contribution in [3.05, 3.63) is 152 Å². The molecule has 0 aliphatic rings. The van der Waals surface area contributed by atoms with Crippen molar-refractivity contribution >= 4 is 95.9 Å². The Kier molecular flexibility index (Phi) is 5.70. The lowest BCUT2D eigenvalue weighted by Gasteiger charge is -2.14. The van der Waals surface area contributed by atoms with Crippen molar-refractivity contribution in [1.29, 1.82) is 0 Å². The summed E-state index contributed by atoms with van der Waals surface area (Å²) in [6.07, 6.45) is 0. The molecule has 3 nitrogen and oxygen atoms in total. The van der Waals surface area contributed by atoms with Crippen molar-refractivity contribution in [3.63, 3.8) is 0 Å². The summed E-state index contributed by atoms with van der Waals surface area (Å²) in [7, 11) is 0. The fourth-order valence-electron chi connectivity index (χ4n) is 7.66. The lowest BCUT2D eigenvalue weighted by molar-refractivity contribution is 1.09. The third-order valence-corrected chi connectivity index (χ3v) is 12.1. The highest BCUT2D eigenvalue weighted by molar-refractivity contribution is 7.27. The van der Waals surface area contributed by atoms with Crippen LogP contribution in [0.1, 0.15) is 0 Å². The van der Waals surface area contributed by atoms with Gasteiger partial charge in [-0.1, -0.05) is 133 Å². The summed E-state index contributed by atoms with van der Waals surface area (Å²) in [4.78, 5) is 12.0. The van der Waals surface area contributed by atoms with Gasteiger partial charge in [-0.2, -0.15) is 0 Å². The van der Waals surface area contributed by atoms with E-state index in [1.807, 2.05) is 11.3 Å². The van der Waals surface area contributed by atoms with Gasteiger partial charge in [-0.05, 0) is 34.7 Å². The van der Waals surface area contributed by atoms with Gasteiger partial charge in [-0.25, -0.2) is 9.97 Å². The molecule has 0 saturated carbocycles. The zero-order valence-corrected chi connectivity index (χ0v) is 27.7. The minimum atomic E-state index is 0.848. The van der Waals surface area contributed by atoms with Crippen molar-refractivity contribution in [2.24, 2.45) is 0 Å². The van der Waals surface area contributed by atoms with Crippen LogP contribution in [0.25, 0.3) is 101 Å². The Morgan fingerprint density at radius 3 is 1.82 bits per heavy atom. The predicted octanol–water partition coefficient (Wildman–Crippen LogP) is 12.8. The maximum Gasteiger partial charge on any atom is 0.165 e. The SMILES string of the molecule is c1ccc(-c2ccc(-c3nc4sc5ccccc5c4nc3-n3c4ccccc4c4c5sc6ccccc6c5c5ccccc5c43)cc2)cc1. The monoisotopic (exact) mass is 659 g/mol. The molecule has 228 valence electrons. The van der Waals surface area contributed by atoms with Gasteiger partial charge in [0.15, 0.2) is 5.82 Å². The lowest BCUT2D eigenvalue weighted by atomic mass is 9.99. The van der Waals surface area contributed by atoms with Gasteiger partial charge in [0.05, 0.1) is 11.0 Å². The summed E-state index contributed by atoms with van der Waals surface area (Å²) >= 11 is 3.60. The van der Waals surface area contributed by atoms with Crippen molar-refractivity contribution in [2.45, 2.75) is 0 Å². The molecule has 0 N–H and O–H groups in total. The number of para-hydroxylation sites is 1. The Balaban J connectivity index is 1.31. The summed E-state index contributed by atoms with van der Waals surface area (Å²) < 4.78 is 6.21. The number of benzene rings is 7. The van der Waals surface area contributed by atoms with Crippen molar-refractivity contribution in [2.75, 3.05) is 0 Å². The Hall–Kier alpha value is -5.88. The molecule has 49 heavy (non-hydrogen) atoms. The molecule has 4 aromatic heterocycles. The summed E-state index contributed by atoms with van der Waals surface area (Å²) in [6, 6.07) is 54.4.